The zero-order chi connectivity index (χ0) is 10.3. The summed E-state index contributed by atoms with van der Waals surface area (Å²) in [6.07, 6.45) is 3.80. The molecular formula is C12H11BrN2. The second-order valence-corrected chi connectivity index (χ2v) is 4.77. The summed E-state index contributed by atoms with van der Waals surface area (Å²) in [7, 11) is 0. The van der Waals surface area contributed by atoms with Crippen molar-refractivity contribution in [2.75, 3.05) is 0 Å². The maximum atomic E-state index is 4.62. The quantitative estimate of drug-likeness (QED) is 0.734. The maximum absolute atomic E-state index is 4.62. The van der Waals surface area contributed by atoms with Crippen molar-refractivity contribution in [3.8, 4) is 0 Å². The third-order valence-corrected chi connectivity index (χ3v) is 3.65. The van der Waals surface area contributed by atoms with Crippen molar-refractivity contribution >= 4 is 26.8 Å². The SMILES string of the molecule is Brc1nc(C2CCC2)nc2ccccc12. The monoisotopic (exact) mass is 262 g/mol. The number of fused-ring (bicyclic) bond motifs is 1. The topological polar surface area (TPSA) is 25.8 Å². The van der Waals surface area contributed by atoms with E-state index in [0.717, 1.165) is 21.3 Å². The summed E-state index contributed by atoms with van der Waals surface area (Å²) in [4.78, 5) is 9.15. The molecule has 0 spiro atoms. The van der Waals surface area contributed by atoms with Gasteiger partial charge in [-0.25, -0.2) is 9.97 Å². The Kier molecular flexibility index (Phi) is 2.20. The number of rotatable bonds is 1. The lowest BCUT2D eigenvalue weighted by molar-refractivity contribution is 0.402. The van der Waals surface area contributed by atoms with Crippen molar-refractivity contribution in [1.29, 1.82) is 0 Å². The molecule has 1 saturated carbocycles. The van der Waals surface area contributed by atoms with Crippen LogP contribution in [0.25, 0.3) is 10.9 Å². The van der Waals surface area contributed by atoms with E-state index in [4.69, 9.17) is 0 Å². The Balaban J connectivity index is 2.18. The van der Waals surface area contributed by atoms with Crippen molar-refractivity contribution in [1.82, 2.24) is 9.97 Å². The molecule has 0 bridgehead atoms. The number of nitrogens with zero attached hydrogens (tertiary/aromatic N) is 2. The van der Waals surface area contributed by atoms with Gasteiger partial charge in [0, 0.05) is 11.3 Å². The molecule has 2 aromatic rings. The fourth-order valence-corrected chi connectivity index (χ4v) is 2.42. The van der Waals surface area contributed by atoms with Crippen molar-refractivity contribution < 1.29 is 0 Å². The van der Waals surface area contributed by atoms with Gasteiger partial charge in [0.15, 0.2) is 0 Å². The van der Waals surface area contributed by atoms with Crippen LogP contribution >= 0.6 is 15.9 Å². The van der Waals surface area contributed by atoms with Crippen molar-refractivity contribution in [2.24, 2.45) is 0 Å². The molecule has 1 fully saturated rings. The van der Waals surface area contributed by atoms with Crippen LogP contribution in [0.3, 0.4) is 0 Å². The summed E-state index contributed by atoms with van der Waals surface area (Å²) >= 11 is 3.52. The minimum atomic E-state index is 0.589. The summed E-state index contributed by atoms with van der Waals surface area (Å²) < 4.78 is 0.926. The molecule has 0 radical (unpaired) electrons. The zero-order valence-corrected chi connectivity index (χ0v) is 9.87. The lowest BCUT2D eigenvalue weighted by Crippen LogP contribution is -2.12. The molecule has 0 N–H and O–H groups in total. The predicted octanol–water partition coefficient (Wildman–Crippen LogP) is 3.66. The number of aromatic nitrogens is 2. The Hall–Kier alpha value is -0.960. The van der Waals surface area contributed by atoms with Crippen LogP contribution in [0.2, 0.25) is 0 Å². The summed E-state index contributed by atoms with van der Waals surface area (Å²) in [5.74, 6) is 1.60. The highest BCUT2D eigenvalue weighted by atomic mass is 79.9. The number of hydrogen-bond donors (Lipinski definition) is 0. The molecule has 2 nitrogen and oxygen atoms in total. The van der Waals surface area contributed by atoms with Gasteiger partial charge < -0.3 is 0 Å². The van der Waals surface area contributed by atoms with Crippen LogP contribution < -0.4 is 0 Å². The molecule has 0 amide bonds. The van der Waals surface area contributed by atoms with Crippen LogP contribution in [0.4, 0.5) is 0 Å². The van der Waals surface area contributed by atoms with Crippen molar-refractivity contribution in [2.45, 2.75) is 25.2 Å². The molecule has 1 aromatic heterocycles. The average molecular weight is 263 g/mol. The van der Waals surface area contributed by atoms with Crippen LogP contribution in [-0.2, 0) is 0 Å². The smallest absolute Gasteiger partial charge is 0.133 e. The molecule has 3 heteroatoms. The van der Waals surface area contributed by atoms with Gasteiger partial charge >= 0.3 is 0 Å². The van der Waals surface area contributed by atoms with Gasteiger partial charge in [-0.3, -0.25) is 0 Å². The van der Waals surface area contributed by atoms with Gasteiger partial charge in [-0.05, 0) is 34.8 Å². The number of benzene rings is 1. The predicted molar refractivity (Wildman–Crippen MR) is 63.8 cm³/mol. The average Bonchev–Trinajstić information content (AvgIpc) is 2.15. The normalized spacial score (nSPS) is 16.6. The van der Waals surface area contributed by atoms with Gasteiger partial charge in [0.1, 0.15) is 10.4 Å². The Morgan fingerprint density at radius 3 is 2.67 bits per heavy atom. The first-order valence-corrected chi connectivity index (χ1v) is 6.06. The molecule has 1 heterocycles. The standard InChI is InChI=1S/C12H11BrN2/c13-11-9-6-1-2-7-10(9)14-12(15-11)8-4-3-5-8/h1-2,6-8H,3-5H2. The first-order chi connectivity index (χ1) is 7.34. The van der Waals surface area contributed by atoms with Crippen LogP contribution in [0.1, 0.15) is 31.0 Å². The van der Waals surface area contributed by atoms with Gasteiger partial charge in [0.25, 0.3) is 0 Å². The summed E-state index contributed by atoms with van der Waals surface area (Å²) in [6.45, 7) is 0. The van der Waals surface area contributed by atoms with Crippen LogP contribution in [-0.4, -0.2) is 9.97 Å². The summed E-state index contributed by atoms with van der Waals surface area (Å²) in [6, 6.07) is 8.12. The minimum absolute atomic E-state index is 0.589. The third kappa shape index (κ3) is 1.55. The Bertz CT molecular complexity index is 506. The highest BCUT2D eigenvalue weighted by Gasteiger charge is 2.23. The molecular weight excluding hydrogens is 252 g/mol. The summed E-state index contributed by atoms with van der Waals surface area (Å²) in [5, 5.41) is 1.10. The maximum Gasteiger partial charge on any atom is 0.133 e. The molecule has 15 heavy (non-hydrogen) atoms. The lowest BCUT2D eigenvalue weighted by atomic mass is 9.85. The molecule has 3 rings (SSSR count). The van der Waals surface area contributed by atoms with Crippen LogP contribution in [0.5, 0.6) is 0 Å². The van der Waals surface area contributed by atoms with Gasteiger partial charge in [-0.15, -0.1) is 0 Å². The van der Waals surface area contributed by atoms with Gasteiger partial charge in [-0.2, -0.15) is 0 Å². The highest BCUT2D eigenvalue weighted by Crippen LogP contribution is 2.35. The fraction of sp³-hybridized carbons (Fsp3) is 0.333. The van der Waals surface area contributed by atoms with E-state index in [1.54, 1.807) is 0 Å². The number of hydrogen-bond acceptors (Lipinski definition) is 2. The van der Waals surface area contributed by atoms with Crippen LogP contribution in [0.15, 0.2) is 28.9 Å². The Morgan fingerprint density at radius 2 is 1.93 bits per heavy atom. The van der Waals surface area contributed by atoms with E-state index >= 15 is 0 Å². The molecule has 0 atom stereocenters. The molecule has 1 aliphatic rings. The number of para-hydroxylation sites is 1. The van der Waals surface area contributed by atoms with Gasteiger partial charge in [0.2, 0.25) is 0 Å². The number of halogens is 1. The molecule has 1 aliphatic carbocycles. The fourth-order valence-electron chi connectivity index (χ4n) is 1.90. The first kappa shape index (κ1) is 9.28. The Morgan fingerprint density at radius 1 is 1.13 bits per heavy atom. The summed E-state index contributed by atoms with van der Waals surface area (Å²) in [5.41, 5.74) is 1.04. The van der Waals surface area contributed by atoms with E-state index < -0.39 is 0 Å². The minimum Gasteiger partial charge on any atom is -0.233 e. The van der Waals surface area contributed by atoms with Crippen LogP contribution in [0, 0.1) is 0 Å². The zero-order valence-electron chi connectivity index (χ0n) is 8.28. The second-order valence-electron chi connectivity index (χ2n) is 4.02. The van der Waals surface area contributed by atoms with E-state index in [0.29, 0.717) is 5.92 Å². The van der Waals surface area contributed by atoms with E-state index in [1.807, 2.05) is 24.3 Å². The second kappa shape index (κ2) is 3.56. The van der Waals surface area contributed by atoms with E-state index in [2.05, 4.69) is 25.9 Å². The molecule has 0 aliphatic heterocycles. The lowest BCUT2D eigenvalue weighted by Gasteiger charge is -2.23. The largest absolute Gasteiger partial charge is 0.233 e. The highest BCUT2D eigenvalue weighted by molar-refractivity contribution is 9.10. The molecule has 0 unspecified atom stereocenters. The van der Waals surface area contributed by atoms with Crippen molar-refractivity contribution in [3.05, 3.63) is 34.7 Å². The van der Waals surface area contributed by atoms with Crippen molar-refractivity contribution in [3.63, 3.8) is 0 Å². The van der Waals surface area contributed by atoms with E-state index in [-0.39, 0.29) is 0 Å². The van der Waals surface area contributed by atoms with E-state index in [1.165, 1.54) is 19.3 Å². The molecule has 0 saturated heterocycles. The first-order valence-electron chi connectivity index (χ1n) is 5.27. The Labute approximate surface area is 96.9 Å². The van der Waals surface area contributed by atoms with E-state index in [9.17, 15) is 0 Å². The molecule has 76 valence electrons. The third-order valence-electron chi connectivity index (χ3n) is 3.04. The molecule has 1 aromatic carbocycles. The van der Waals surface area contributed by atoms with Gasteiger partial charge in [0.05, 0.1) is 5.52 Å². The van der Waals surface area contributed by atoms with Gasteiger partial charge in [-0.1, -0.05) is 24.6 Å².